The molecule has 1 aromatic heterocycles. The Morgan fingerprint density at radius 3 is 2.67 bits per heavy atom. The van der Waals surface area contributed by atoms with Gasteiger partial charge in [-0.3, -0.25) is 0 Å². The molecule has 0 atom stereocenters. The zero-order chi connectivity index (χ0) is 15.2. The molecule has 0 bridgehead atoms. The Kier molecular flexibility index (Phi) is 5.33. The van der Waals surface area contributed by atoms with Gasteiger partial charge in [0.15, 0.2) is 10.8 Å². The molecule has 5 heteroatoms. The van der Waals surface area contributed by atoms with Gasteiger partial charge in [-0.15, -0.1) is 11.3 Å². The van der Waals surface area contributed by atoms with E-state index in [-0.39, 0.29) is 5.97 Å². The van der Waals surface area contributed by atoms with Gasteiger partial charge >= 0.3 is 5.97 Å². The molecule has 0 saturated heterocycles. The van der Waals surface area contributed by atoms with Crippen molar-refractivity contribution in [2.24, 2.45) is 0 Å². The molecule has 0 radical (unpaired) electrons. The van der Waals surface area contributed by atoms with Crippen molar-refractivity contribution in [2.75, 3.05) is 11.9 Å². The number of rotatable bonds is 6. The number of aryl methyl sites for hydroxylation is 2. The predicted molar refractivity (Wildman–Crippen MR) is 86.0 cm³/mol. The highest BCUT2D eigenvalue weighted by atomic mass is 32.1. The summed E-state index contributed by atoms with van der Waals surface area (Å²) >= 11 is 1.48. The zero-order valence-electron chi connectivity index (χ0n) is 12.6. The second kappa shape index (κ2) is 7.22. The molecule has 1 heterocycles. The molecule has 0 aliphatic carbocycles. The first kappa shape index (κ1) is 15.5. The Morgan fingerprint density at radius 1 is 1.29 bits per heavy atom. The first-order chi connectivity index (χ1) is 10.2. The van der Waals surface area contributed by atoms with Crippen LogP contribution in [0.1, 0.15) is 40.3 Å². The number of aromatic nitrogens is 1. The minimum atomic E-state index is -0.353. The maximum absolute atomic E-state index is 11.7. The molecule has 2 rings (SSSR count). The van der Waals surface area contributed by atoms with Crippen LogP contribution in [0.5, 0.6) is 0 Å². The van der Waals surface area contributed by atoms with Crippen molar-refractivity contribution in [3.63, 3.8) is 0 Å². The van der Waals surface area contributed by atoms with Gasteiger partial charge in [-0.1, -0.05) is 31.2 Å². The van der Waals surface area contributed by atoms with E-state index < -0.39 is 0 Å². The first-order valence-corrected chi connectivity index (χ1v) is 7.92. The van der Waals surface area contributed by atoms with Gasteiger partial charge in [0.1, 0.15) is 0 Å². The van der Waals surface area contributed by atoms with Crippen LogP contribution in [-0.4, -0.2) is 17.6 Å². The molecule has 0 aliphatic rings. The predicted octanol–water partition coefficient (Wildman–Crippen LogP) is 3.80. The summed E-state index contributed by atoms with van der Waals surface area (Å²) in [6.45, 7) is 6.89. The van der Waals surface area contributed by atoms with Crippen LogP contribution in [0.4, 0.5) is 5.13 Å². The first-order valence-electron chi connectivity index (χ1n) is 7.10. The fourth-order valence-corrected chi connectivity index (χ4v) is 2.90. The second-order valence-corrected chi connectivity index (χ2v) is 5.82. The van der Waals surface area contributed by atoms with Crippen LogP contribution in [0.25, 0.3) is 0 Å². The maximum Gasteiger partial charge on any atom is 0.358 e. The normalized spacial score (nSPS) is 10.4. The number of nitrogens with one attached hydrogen (secondary N) is 1. The van der Waals surface area contributed by atoms with Crippen molar-refractivity contribution in [2.45, 2.75) is 33.7 Å². The number of benzene rings is 1. The Labute approximate surface area is 129 Å². The molecule has 1 aromatic carbocycles. The maximum atomic E-state index is 11.7. The van der Waals surface area contributed by atoms with Crippen molar-refractivity contribution in [1.29, 1.82) is 0 Å². The molecule has 0 unspecified atom stereocenters. The van der Waals surface area contributed by atoms with Crippen LogP contribution in [0.15, 0.2) is 24.3 Å². The van der Waals surface area contributed by atoms with Gasteiger partial charge in [0.05, 0.1) is 6.61 Å². The molecule has 2 aromatic rings. The highest BCUT2D eigenvalue weighted by Gasteiger charge is 2.16. The number of ether oxygens (including phenoxy) is 1. The molecule has 112 valence electrons. The molecule has 0 aliphatic heterocycles. The lowest BCUT2D eigenvalue weighted by Gasteiger charge is -2.07. The lowest BCUT2D eigenvalue weighted by atomic mass is 10.1. The third-order valence-electron chi connectivity index (χ3n) is 3.19. The van der Waals surface area contributed by atoms with E-state index in [1.54, 1.807) is 6.92 Å². The van der Waals surface area contributed by atoms with Crippen LogP contribution in [0.2, 0.25) is 0 Å². The average Bonchev–Trinajstić information content (AvgIpc) is 2.87. The summed E-state index contributed by atoms with van der Waals surface area (Å²) in [5.41, 5.74) is 2.99. The van der Waals surface area contributed by atoms with Gasteiger partial charge in [-0.25, -0.2) is 9.78 Å². The number of carbonyl (C=O) groups is 1. The topological polar surface area (TPSA) is 51.2 Å². The average molecular weight is 304 g/mol. The number of thiazole rings is 1. The fraction of sp³-hybridized carbons (Fsp3) is 0.375. The number of nitrogens with zero attached hydrogens (tertiary/aromatic N) is 1. The lowest BCUT2D eigenvalue weighted by Crippen LogP contribution is -2.07. The summed E-state index contributed by atoms with van der Waals surface area (Å²) in [5, 5.41) is 4.04. The van der Waals surface area contributed by atoms with E-state index >= 15 is 0 Å². The summed E-state index contributed by atoms with van der Waals surface area (Å²) in [7, 11) is 0. The summed E-state index contributed by atoms with van der Waals surface area (Å²) < 4.78 is 5.00. The van der Waals surface area contributed by atoms with E-state index in [1.807, 2.05) is 13.0 Å². The number of carbonyl (C=O) groups excluding carboxylic acids is 1. The van der Waals surface area contributed by atoms with E-state index in [0.29, 0.717) is 18.8 Å². The van der Waals surface area contributed by atoms with Crippen molar-refractivity contribution in [3.8, 4) is 0 Å². The Balaban J connectivity index is 2.07. The summed E-state index contributed by atoms with van der Waals surface area (Å²) in [5.74, 6) is -0.353. The van der Waals surface area contributed by atoms with Gasteiger partial charge in [0.25, 0.3) is 0 Å². The summed E-state index contributed by atoms with van der Waals surface area (Å²) in [6, 6.07) is 8.33. The Bertz CT molecular complexity index is 622. The van der Waals surface area contributed by atoms with Crippen molar-refractivity contribution in [3.05, 3.63) is 46.0 Å². The molecule has 4 nitrogen and oxygen atoms in total. The van der Waals surface area contributed by atoms with Crippen LogP contribution < -0.4 is 5.32 Å². The van der Waals surface area contributed by atoms with Crippen LogP contribution in [0, 0.1) is 6.92 Å². The van der Waals surface area contributed by atoms with Crippen molar-refractivity contribution < 1.29 is 9.53 Å². The van der Waals surface area contributed by atoms with E-state index in [4.69, 9.17) is 4.74 Å². The largest absolute Gasteiger partial charge is 0.461 e. The molecule has 0 amide bonds. The highest BCUT2D eigenvalue weighted by Crippen LogP contribution is 2.23. The molecule has 1 N–H and O–H groups in total. The Morgan fingerprint density at radius 2 is 2.00 bits per heavy atom. The number of anilines is 1. The van der Waals surface area contributed by atoms with Crippen LogP contribution >= 0.6 is 11.3 Å². The number of hydrogen-bond acceptors (Lipinski definition) is 5. The minimum absolute atomic E-state index is 0.353. The molecule has 0 spiro atoms. The third kappa shape index (κ3) is 3.82. The highest BCUT2D eigenvalue weighted by molar-refractivity contribution is 7.15. The van der Waals surface area contributed by atoms with Gasteiger partial charge in [0, 0.05) is 11.4 Å². The fourth-order valence-electron chi connectivity index (χ4n) is 2.11. The molecular formula is C16H20N2O2S. The number of esters is 1. The van der Waals surface area contributed by atoms with Crippen molar-refractivity contribution >= 4 is 22.4 Å². The third-order valence-corrected chi connectivity index (χ3v) is 4.12. The van der Waals surface area contributed by atoms with Gasteiger partial charge < -0.3 is 10.1 Å². The molecule has 0 fully saturated rings. The molecular weight excluding hydrogens is 284 g/mol. The lowest BCUT2D eigenvalue weighted by molar-refractivity contribution is 0.0519. The standard InChI is InChI=1S/C16H20N2O2S/c1-4-12-8-6-7-9-13(12)10-17-16-18-14(11(3)21-16)15(19)20-5-2/h6-9H,4-5,10H2,1-3H3,(H,17,18). The van der Waals surface area contributed by atoms with Crippen LogP contribution in [-0.2, 0) is 17.7 Å². The second-order valence-electron chi connectivity index (χ2n) is 4.62. The molecule has 0 saturated carbocycles. The quantitative estimate of drug-likeness (QED) is 0.825. The summed E-state index contributed by atoms with van der Waals surface area (Å²) in [6.07, 6.45) is 1.00. The minimum Gasteiger partial charge on any atom is -0.461 e. The summed E-state index contributed by atoms with van der Waals surface area (Å²) in [4.78, 5) is 17.0. The van der Waals surface area contributed by atoms with E-state index in [2.05, 4.69) is 35.4 Å². The zero-order valence-corrected chi connectivity index (χ0v) is 13.4. The monoisotopic (exact) mass is 304 g/mol. The SMILES string of the molecule is CCOC(=O)c1nc(NCc2ccccc2CC)sc1C. The van der Waals surface area contributed by atoms with E-state index in [9.17, 15) is 4.79 Å². The number of hydrogen-bond donors (Lipinski definition) is 1. The van der Waals surface area contributed by atoms with E-state index in [0.717, 1.165) is 16.4 Å². The van der Waals surface area contributed by atoms with Gasteiger partial charge in [0.2, 0.25) is 0 Å². The van der Waals surface area contributed by atoms with Crippen molar-refractivity contribution in [1.82, 2.24) is 4.98 Å². The van der Waals surface area contributed by atoms with Gasteiger partial charge in [-0.2, -0.15) is 0 Å². The van der Waals surface area contributed by atoms with Gasteiger partial charge in [-0.05, 0) is 31.4 Å². The molecule has 21 heavy (non-hydrogen) atoms. The Hall–Kier alpha value is -1.88. The van der Waals surface area contributed by atoms with E-state index in [1.165, 1.54) is 22.5 Å². The smallest absolute Gasteiger partial charge is 0.358 e. The van der Waals surface area contributed by atoms with Crippen LogP contribution in [0.3, 0.4) is 0 Å².